The van der Waals surface area contributed by atoms with Crippen LogP contribution >= 0.6 is 0 Å². The van der Waals surface area contributed by atoms with E-state index in [-0.39, 0.29) is 0 Å². The van der Waals surface area contributed by atoms with Gasteiger partial charge in [-0.2, -0.15) is 0 Å². The van der Waals surface area contributed by atoms with Gasteiger partial charge in [-0.25, -0.2) is 0 Å². The summed E-state index contributed by atoms with van der Waals surface area (Å²) in [6, 6.07) is 0. The van der Waals surface area contributed by atoms with Crippen molar-refractivity contribution in [2.24, 2.45) is 0 Å². The maximum atomic E-state index is 3.62. The van der Waals surface area contributed by atoms with Crippen molar-refractivity contribution in [1.82, 2.24) is 0 Å². The van der Waals surface area contributed by atoms with Gasteiger partial charge in [-0.15, -0.1) is 0 Å². The first-order chi connectivity index (χ1) is 3.91. The molecule has 0 N–H and O–H groups in total. The first kappa shape index (κ1) is 8.26. The van der Waals surface area contributed by atoms with Crippen molar-refractivity contribution < 1.29 is 0 Å². The summed E-state index contributed by atoms with van der Waals surface area (Å²) in [4.78, 5) is 8.23. The van der Waals surface area contributed by atoms with Crippen molar-refractivity contribution >= 4 is 29.9 Å². The minimum absolute atomic E-state index is 0.519. The van der Waals surface area contributed by atoms with E-state index >= 15 is 0 Å². The molecule has 0 aromatic rings. The topological polar surface area (TPSA) is 0 Å². The molecule has 0 atom stereocenters. The van der Waals surface area contributed by atoms with Crippen molar-refractivity contribution in [2.45, 2.75) is 0 Å². The van der Waals surface area contributed by atoms with E-state index < -0.39 is 0 Å². The van der Waals surface area contributed by atoms with Crippen molar-refractivity contribution in [3.8, 4) is 0 Å². The summed E-state index contributed by atoms with van der Waals surface area (Å²) in [6.45, 7) is 7.23. The molecule has 0 bridgehead atoms. The minimum atomic E-state index is 0.519. The fourth-order valence-electron chi connectivity index (χ4n) is 0.175. The van der Waals surface area contributed by atoms with Gasteiger partial charge in [-0.05, 0) is 0 Å². The van der Waals surface area contributed by atoms with Crippen LogP contribution in [0.5, 0.6) is 0 Å². The van der Waals surface area contributed by atoms with Crippen LogP contribution in [0.3, 0.4) is 0 Å². The zero-order chi connectivity index (χ0) is 6.24. The normalized spacial score (nSPS) is 9.50. The van der Waals surface area contributed by atoms with Gasteiger partial charge in [0.1, 0.15) is 0 Å². The average molecular weight is 238 g/mol. The third-order valence-corrected chi connectivity index (χ3v) is 3.32. The standard InChI is InChI=1S/C6H8Se2/c1-3-7-5-6-8-4-2/h3-6H,1-2H2/b6-5-. The van der Waals surface area contributed by atoms with Crippen LogP contribution in [-0.4, -0.2) is 29.9 Å². The first-order valence-corrected chi connectivity index (χ1v) is 6.05. The fourth-order valence-corrected chi connectivity index (χ4v) is 2.31. The average Bonchev–Trinajstić information content (AvgIpc) is 1.81. The predicted octanol–water partition coefficient (Wildman–Crippen LogP) is 1.15. The zero-order valence-corrected chi connectivity index (χ0v) is 7.97. The molecule has 0 saturated carbocycles. The van der Waals surface area contributed by atoms with Crippen molar-refractivity contribution in [3.05, 3.63) is 33.1 Å². The molecule has 0 radical (unpaired) electrons. The molecule has 0 aromatic carbocycles. The molecule has 0 heterocycles. The molecule has 0 aliphatic rings. The molecule has 0 amide bonds. The summed E-state index contributed by atoms with van der Waals surface area (Å²) >= 11 is 1.04. The summed E-state index contributed by atoms with van der Waals surface area (Å²) in [5.74, 6) is 0. The van der Waals surface area contributed by atoms with Crippen molar-refractivity contribution in [1.29, 1.82) is 0 Å². The van der Waals surface area contributed by atoms with Gasteiger partial charge in [0.2, 0.25) is 0 Å². The van der Waals surface area contributed by atoms with Crippen LogP contribution in [0.15, 0.2) is 33.1 Å². The summed E-state index contributed by atoms with van der Waals surface area (Å²) in [5, 5.41) is 0. The Morgan fingerprint density at radius 1 is 0.875 bits per heavy atom. The van der Waals surface area contributed by atoms with Gasteiger partial charge in [-0.3, -0.25) is 0 Å². The van der Waals surface area contributed by atoms with Crippen LogP contribution in [0.1, 0.15) is 0 Å². The first-order valence-electron chi connectivity index (χ1n) is 2.09. The molecule has 0 spiro atoms. The van der Waals surface area contributed by atoms with Crippen LogP contribution in [0, 0.1) is 0 Å². The van der Waals surface area contributed by atoms with Crippen LogP contribution in [0.25, 0.3) is 0 Å². The Hall–Kier alpha value is 0.259. The third kappa shape index (κ3) is 6.26. The summed E-state index contributed by atoms with van der Waals surface area (Å²) in [7, 11) is 0. The third-order valence-electron chi connectivity index (χ3n) is 0.405. The molecule has 0 aliphatic heterocycles. The molecule has 0 saturated heterocycles. The van der Waals surface area contributed by atoms with Gasteiger partial charge in [0, 0.05) is 0 Å². The molecule has 0 aliphatic carbocycles. The summed E-state index contributed by atoms with van der Waals surface area (Å²) in [6.07, 6.45) is 0. The Kier molecular flexibility index (Phi) is 7.49. The van der Waals surface area contributed by atoms with E-state index in [0.717, 1.165) is 0 Å². The number of rotatable bonds is 4. The second-order valence-corrected chi connectivity index (χ2v) is 4.56. The monoisotopic (exact) mass is 240 g/mol. The van der Waals surface area contributed by atoms with Gasteiger partial charge in [0.05, 0.1) is 0 Å². The number of hydrogen-bond donors (Lipinski definition) is 0. The van der Waals surface area contributed by atoms with E-state index in [1.54, 1.807) is 0 Å². The van der Waals surface area contributed by atoms with Crippen LogP contribution in [0.4, 0.5) is 0 Å². The molecule has 0 unspecified atom stereocenters. The molecule has 0 fully saturated rings. The summed E-state index contributed by atoms with van der Waals surface area (Å²) < 4.78 is 0. The molecular weight excluding hydrogens is 230 g/mol. The fraction of sp³-hybridized carbons (Fsp3) is 0. The SMILES string of the molecule is C=C[Se]/C=C\[Se]C=C. The van der Waals surface area contributed by atoms with E-state index in [0.29, 0.717) is 29.9 Å². The molecular formula is C6H8Se2. The molecule has 0 aromatic heterocycles. The van der Waals surface area contributed by atoms with Gasteiger partial charge >= 0.3 is 63.0 Å². The Morgan fingerprint density at radius 3 is 1.50 bits per heavy atom. The van der Waals surface area contributed by atoms with Gasteiger partial charge in [0.25, 0.3) is 0 Å². The van der Waals surface area contributed by atoms with Crippen molar-refractivity contribution in [2.75, 3.05) is 0 Å². The van der Waals surface area contributed by atoms with Gasteiger partial charge < -0.3 is 0 Å². The zero-order valence-electron chi connectivity index (χ0n) is 4.54. The maximum absolute atomic E-state index is 3.62. The Balaban J connectivity index is 3.06. The Bertz CT molecular complexity index is 82.7. The van der Waals surface area contributed by atoms with E-state index in [1.807, 2.05) is 9.95 Å². The summed E-state index contributed by atoms with van der Waals surface area (Å²) in [5.41, 5.74) is 0. The predicted molar refractivity (Wildman–Crippen MR) is 41.0 cm³/mol. The molecule has 2 heteroatoms. The molecule has 0 rings (SSSR count). The molecule has 8 heavy (non-hydrogen) atoms. The van der Waals surface area contributed by atoms with Crippen LogP contribution in [0.2, 0.25) is 0 Å². The quantitative estimate of drug-likeness (QED) is 0.644. The van der Waals surface area contributed by atoms with E-state index in [2.05, 4.69) is 23.1 Å². The van der Waals surface area contributed by atoms with Gasteiger partial charge in [0.15, 0.2) is 0 Å². The van der Waals surface area contributed by atoms with E-state index in [9.17, 15) is 0 Å². The second kappa shape index (κ2) is 7.26. The molecule has 0 nitrogen and oxygen atoms in total. The van der Waals surface area contributed by atoms with E-state index in [4.69, 9.17) is 0 Å². The number of hydrogen-bond acceptors (Lipinski definition) is 0. The second-order valence-electron chi connectivity index (χ2n) is 0.878. The van der Waals surface area contributed by atoms with Crippen LogP contribution < -0.4 is 0 Å². The van der Waals surface area contributed by atoms with Crippen LogP contribution in [-0.2, 0) is 0 Å². The van der Waals surface area contributed by atoms with Crippen molar-refractivity contribution in [3.63, 3.8) is 0 Å². The molecule has 44 valence electrons. The Labute approximate surface area is 63.1 Å². The van der Waals surface area contributed by atoms with Gasteiger partial charge in [-0.1, -0.05) is 0 Å². The van der Waals surface area contributed by atoms with E-state index in [1.165, 1.54) is 0 Å². The Morgan fingerprint density at radius 2 is 1.25 bits per heavy atom.